The molecule has 1 N–H and O–H groups in total. The van der Waals surface area contributed by atoms with Crippen LogP contribution in [0.4, 0.5) is 0 Å². The van der Waals surface area contributed by atoms with Crippen LogP contribution in [0.1, 0.15) is 46.2 Å². The van der Waals surface area contributed by atoms with Gasteiger partial charge in [0.2, 0.25) is 0 Å². The Morgan fingerprint density at radius 3 is 2.71 bits per heavy atom. The monoisotopic (exact) mass is 376 g/mol. The number of likely N-dealkylation sites (tertiary alicyclic amines) is 1. The molecule has 28 heavy (non-hydrogen) atoms. The number of aryl methyl sites for hydroxylation is 1. The van der Waals surface area contributed by atoms with E-state index in [-0.39, 0.29) is 17.4 Å². The van der Waals surface area contributed by atoms with E-state index in [1.807, 2.05) is 55.1 Å². The summed E-state index contributed by atoms with van der Waals surface area (Å²) in [7, 11) is 0. The number of hydrogen-bond donors (Lipinski definition) is 1. The lowest BCUT2D eigenvalue weighted by Crippen LogP contribution is -2.39. The van der Waals surface area contributed by atoms with E-state index < -0.39 is 0 Å². The van der Waals surface area contributed by atoms with Crippen molar-refractivity contribution in [3.05, 3.63) is 81.8 Å². The molecule has 0 bridgehead atoms. The zero-order valence-electron chi connectivity index (χ0n) is 16.2. The first-order valence-corrected chi connectivity index (χ1v) is 9.63. The molecule has 3 aromatic rings. The van der Waals surface area contributed by atoms with Crippen LogP contribution >= 0.6 is 0 Å². The molecule has 1 saturated heterocycles. The molecular weight excluding hydrogens is 352 g/mol. The van der Waals surface area contributed by atoms with Crippen molar-refractivity contribution in [3.63, 3.8) is 0 Å². The van der Waals surface area contributed by atoms with Crippen molar-refractivity contribution in [1.82, 2.24) is 19.4 Å². The highest BCUT2D eigenvalue weighted by molar-refractivity contribution is 5.96. The van der Waals surface area contributed by atoms with E-state index in [2.05, 4.69) is 14.5 Å². The van der Waals surface area contributed by atoms with Crippen LogP contribution in [0, 0.1) is 13.8 Å². The summed E-state index contributed by atoms with van der Waals surface area (Å²) in [6.45, 7) is 5.33. The van der Waals surface area contributed by atoms with Crippen molar-refractivity contribution in [2.45, 2.75) is 32.6 Å². The predicted octanol–water partition coefficient (Wildman–Crippen LogP) is 3.20. The molecule has 1 fully saturated rings. The lowest BCUT2D eigenvalue weighted by molar-refractivity contribution is 0.0705. The third-order valence-corrected chi connectivity index (χ3v) is 5.50. The molecule has 0 spiro atoms. The summed E-state index contributed by atoms with van der Waals surface area (Å²) < 4.78 is 2.12. The summed E-state index contributed by atoms with van der Waals surface area (Å²) in [6, 6.07) is 13.6. The van der Waals surface area contributed by atoms with Crippen LogP contribution < -0.4 is 5.56 Å². The second-order valence-corrected chi connectivity index (χ2v) is 7.38. The highest BCUT2D eigenvalue weighted by Gasteiger charge is 2.28. The van der Waals surface area contributed by atoms with Gasteiger partial charge in [-0.3, -0.25) is 9.59 Å². The zero-order valence-corrected chi connectivity index (χ0v) is 16.2. The molecule has 0 aliphatic carbocycles. The van der Waals surface area contributed by atoms with E-state index in [4.69, 9.17) is 0 Å². The summed E-state index contributed by atoms with van der Waals surface area (Å²) in [4.78, 5) is 33.7. The van der Waals surface area contributed by atoms with E-state index >= 15 is 0 Å². The van der Waals surface area contributed by atoms with Gasteiger partial charge in [0.15, 0.2) is 0 Å². The van der Waals surface area contributed by atoms with Crippen molar-refractivity contribution in [3.8, 4) is 5.69 Å². The average molecular weight is 376 g/mol. The van der Waals surface area contributed by atoms with Gasteiger partial charge in [-0.15, -0.1) is 0 Å². The van der Waals surface area contributed by atoms with E-state index in [0.717, 1.165) is 47.7 Å². The maximum atomic E-state index is 13.3. The number of nitrogens with zero attached hydrogens (tertiary/aromatic N) is 3. The van der Waals surface area contributed by atoms with Crippen molar-refractivity contribution in [2.75, 3.05) is 13.1 Å². The predicted molar refractivity (Wildman–Crippen MR) is 108 cm³/mol. The minimum Gasteiger partial charge on any atom is -0.338 e. The molecule has 1 unspecified atom stereocenters. The molecule has 6 nitrogen and oxygen atoms in total. The van der Waals surface area contributed by atoms with Crippen LogP contribution in [0.5, 0.6) is 0 Å². The molecule has 1 atom stereocenters. The number of nitrogens with one attached hydrogen (secondary N) is 1. The molecule has 4 rings (SSSR count). The molecule has 1 amide bonds. The number of aromatic amines is 1. The highest BCUT2D eigenvalue weighted by Crippen LogP contribution is 2.28. The Balaban J connectivity index is 1.60. The van der Waals surface area contributed by atoms with Crippen molar-refractivity contribution >= 4 is 5.91 Å². The van der Waals surface area contributed by atoms with Gasteiger partial charge in [0.25, 0.3) is 11.5 Å². The Hall–Kier alpha value is -3.15. The summed E-state index contributed by atoms with van der Waals surface area (Å²) >= 11 is 0. The second kappa shape index (κ2) is 7.46. The number of hydrogen-bond acceptors (Lipinski definition) is 3. The minimum absolute atomic E-state index is 0.0461. The van der Waals surface area contributed by atoms with Gasteiger partial charge in [-0.05, 0) is 44.9 Å². The number of rotatable bonds is 3. The van der Waals surface area contributed by atoms with Crippen molar-refractivity contribution in [1.29, 1.82) is 0 Å². The number of carbonyl (C=O) groups is 1. The molecule has 0 saturated carbocycles. The van der Waals surface area contributed by atoms with Crippen molar-refractivity contribution in [2.24, 2.45) is 0 Å². The topological polar surface area (TPSA) is 71.0 Å². The summed E-state index contributed by atoms with van der Waals surface area (Å²) in [5, 5.41) is 0. The van der Waals surface area contributed by atoms with Crippen LogP contribution in [-0.2, 0) is 0 Å². The average Bonchev–Trinajstić information content (AvgIpc) is 3.02. The fourth-order valence-electron chi connectivity index (χ4n) is 4.13. The lowest BCUT2D eigenvalue weighted by atomic mass is 9.94. The molecule has 0 radical (unpaired) electrons. The highest BCUT2D eigenvalue weighted by atomic mass is 16.2. The number of piperidine rings is 1. The number of aromatic nitrogens is 3. The summed E-state index contributed by atoms with van der Waals surface area (Å²) in [5.74, 6) is 0.141. The van der Waals surface area contributed by atoms with Crippen LogP contribution in [0.25, 0.3) is 5.69 Å². The molecule has 1 aliphatic rings. The quantitative estimate of drug-likeness (QED) is 0.763. The molecule has 3 heterocycles. The van der Waals surface area contributed by atoms with E-state index in [1.165, 1.54) is 6.33 Å². The van der Waals surface area contributed by atoms with Gasteiger partial charge in [-0.25, -0.2) is 4.98 Å². The Morgan fingerprint density at radius 1 is 1.18 bits per heavy atom. The largest absolute Gasteiger partial charge is 0.338 e. The Morgan fingerprint density at radius 2 is 1.96 bits per heavy atom. The van der Waals surface area contributed by atoms with Crippen LogP contribution in [-0.4, -0.2) is 38.4 Å². The molecular formula is C22H24N4O2. The molecule has 1 aliphatic heterocycles. The molecule has 2 aromatic heterocycles. The summed E-state index contributed by atoms with van der Waals surface area (Å²) in [6.07, 6.45) is 3.28. The van der Waals surface area contributed by atoms with Crippen molar-refractivity contribution < 1.29 is 4.79 Å². The third kappa shape index (κ3) is 3.38. The smallest absolute Gasteiger partial charge is 0.255 e. The standard InChI is InChI=1S/C22H24N4O2/c1-15-11-19(16(2)26(15)18-8-4-3-5-9-18)22(28)25-10-6-7-17(13-25)20-12-21(27)24-14-23-20/h3-5,8-9,11-12,14,17H,6-7,10,13H2,1-2H3,(H,23,24,27). The maximum Gasteiger partial charge on any atom is 0.255 e. The first-order chi connectivity index (χ1) is 13.5. The first-order valence-electron chi connectivity index (χ1n) is 9.63. The Labute approximate surface area is 163 Å². The summed E-state index contributed by atoms with van der Waals surface area (Å²) in [5.41, 5.74) is 4.39. The van der Waals surface area contributed by atoms with Gasteiger partial charge in [0.05, 0.1) is 17.6 Å². The van der Waals surface area contributed by atoms with Gasteiger partial charge in [-0.1, -0.05) is 18.2 Å². The maximum absolute atomic E-state index is 13.3. The number of benzene rings is 1. The third-order valence-electron chi connectivity index (χ3n) is 5.50. The second-order valence-electron chi connectivity index (χ2n) is 7.38. The lowest BCUT2D eigenvalue weighted by Gasteiger charge is -2.32. The number of carbonyl (C=O) groups excluding carboxylic acids is 1. The Kier molecular flexibility index (Phi) is 4.86. The SMILES string of the molecule is Cc1cc(C(=O)N2CCCC(c3cc(=O)[nH]cn3)C2)c(C)n1-c1ccccc1. The van der Waals surface area contributed by atoms with Crippen LogP contribution in [0.15, 0.2) is 53.6 Å². The van der Waals surface area contributed by atoms with E-state index in [9.17, 15) is 9.59 Å². The van der Waals surface area contributed by atoms with Crippen LogP contribution in [0.3, 0.4) is 0 Å². The van der Waals surface area contributed by atoms with E-state index in [0.29, 0.717) is 6.54 Å². The number of amides is 1. The molecule has 6 heteroatoms. The van der Waals surface area contributed by atoms with Gasteiger partial charge < -0.3 is 14.5 Å². The normalized spacial score (nSPS) is 16.9. The van der Waals surface area contributed by atoms with Gasteiger partial charge in [0, 0.05) is 42.1 Å². The van der Waals surface area contributed by atoms with Crippen LogP contribution in [0.2, 0.25) is 0 Å². The zero-order chi connectivity index (χ0) is 19.7. The number of para-hydroxylation sites is 1. The van der Waals surface area contributed by atoms with E-state index in [1.54, 1.807) is 6.07 Å². The molecule has 1 aromatic carbocycles. The van der Waals surface area contributed by atoms with Gasteiger partial charge in [-0.2, -0.15) is 0 Å². The molecule has 144 valence electrons. The van der Waals surface area contributed by atoms with Gasteiger partial charge >= 0.3 is 0 Å². The number of H-pyrrole nitrogens is 1. The first kappa shape index (κ1) is 18.2. The Bertz CT molecular complexity index is 1050. The minimum atomic E-state index is -0.153. The fourth-order valence-corrected chi connectivity index (χ4v) is 4.13. The fraction of sp³-hybridized carbons (Fsp3) is 0.318. The van der Waals surface area contributed by atoms with Gasteiger partial charge in [0.1, 0.15) is 0 Å².